The minimum atomic E-state index is -3.44. The summed E-state index contributed by atoms with van der Waals surface area (Å²) in [5, 5.41) is 3.20. The van der Waals surface area contributed by atoms with E-state index in [2.05, 4.69) is 10.3 Å². The van der Waals surface area contributed by atoms with Gasteiger partial charge in [-0.25, -0.2) is 17.7 Å². The summed E-state index contributed by atoms with van der Waals surface area (Å²) in [6.45, 7) is 4.03. The molecule has 0 unspecified atom stereocenters. The Hall–Kier alpha value is -1.92. The van der Waals surface area contributed by atoms with Crippen LogP contribution in [0.5, 0.6) is 0 Å². The van der Waals surface area contributed by atoms with Gasteiger partial charge in [0.25, 0.3) is 0 Å². The van der Waals surface area contributed by atoms with Crippen molar-refractivity contribution in [2.75, 3.05) is 19.4 Å². The number of rotatable bonds is 4. The van der Waals surface area contributed by atoms with Crippen molar-refractivity contribution in [2.24, 2.45) is 0 Å². The third-order valence-electron chi connectivity index (χ3n) is 3.17. The Morgan fingerprint density at radius 1 is 1.10 bits per heavy atom. The minimum Gasteiger partial charge on any atom is -0.340 e. The average molecular weight is 305 g/mol. The molecule has 0 amide bonds. The van der Waals surface area contributed by atoms with Gasteiger partial charge in [0.1, 0.15) is 10.7 Å². The fourth-order valence-electron chi connectivity index (χ4n) is 1.83. The molecule has 0 saturated heterocycles. The quantitative estimate of drug-likeness (QED) is 0.943. The molecule has 0 saturated carbocycles. The van der Waals surface area contributed by atoms with E-state index in [9.17, 15) is 8.42 Å². The topological polar surface area (TPSA) is 62.3 Å². The first kappa shape index (κ1) is 15.5. The van der Waals surface area contributed by atoms with E-state index in [0.717, 1.165) is 16.8 Å². The van der Waals surface area contributed by atoms with E-state index >= 15 is 0 Å². The molecule has 0 bridgehead atoms. The van der Waals surface area contributed by atoms with Gasteiger partial charge in [0.15, 0.2) is 0 Å². The lowest BCUT2D eigenvalue weighted by molar-refractivity contribution is 0.520. The first-order valence-corrected chi connectivity index (χ1v) is 7.97. The molecule has 1 aromatic carbocycles. The summed E-state index contributed by atoms with van der Waals surface area (Å²) in [5.74, 6) is 0.612. The number of hydrogen-bond donors (Lipinski definition) is 1. The van der Waals surface area contributed by atoms with Crippen molar-refractivity contribution >= 4 is 21.5 Å². The van der Waals surface area contributed by atoms with Crippen molar-refractivity contribution in [2.45, 2.75) is 18.7 Å². The van der Waals surface area contributed by atoms with Crippen LogP contribution in [0.1, 0.15) is 11.1 Å². The molecule has 0 spiro atoms. The van der Waals surface area contributed by atoms with Gasteiger partial charge in [-0.05, 0) is 43.2 Å². The summed E-state index contributed by atoms with van der Waals surface area (Å²) in [5.41, 5.74) is 3.22. The van der Waals surface area contributed by atoms with Gasteiger partial charge in [-0.15, -0.1) is 0 Å². The number of nitrogens with zero attached hydrogens (tertiary/aromatic N) is 2. The third kappa shape index (κ3) is 3.40. The molecule has 1 N–H and O–H groups in total. The molecule has 1 aromatic heterocycles. The van der Waals surface area contributed by atoms with Gasteiger partial charge >= 0.3 is 0 Å². The number of sulfonamides is 1. The van der Waals surface area contributed by atoms with Gasteiger partial charge < -0.3 is 5.32 Å². The van der Waals surface area contributed by atoms with E-state index in [1.165, 1.54) is 24.6 Å². The zero-order valence-corrected chi connectivity index (χ0v) is 13.4. The molecule has 6 heteroatoms. The smallest absolute Gasteiger partial charge is 0.244 e. The Morgan fingerprint density at radius 3 is 2.38 bits per heavy atom. The van der Waals surface area contributed by atoms with Crippen LogP contribution >= 0.6 is 0 Å². The number of pyridine rings is 1. The van der Waals surface area contributed by atoms with Gasteiger partial charge in [-0.1, -0.05) is 12.1 Å². The Balaban J connectivity index is 2.26. The highest BCUT2D eigenvalue weighted by atomic mass is 32.2. The fourth-order valence-corrected chi connectivity index (χ4v) is 2.67. The van der Waals surface area contributed by atoms with Crippen molar-refractivity contribution in [1.29, 1.82) is 0 Å². The summed E-state index contributed by atoms with van der Waals surface area (Å²) < 4.78 is 25.1. The highest BCUT2D eigenvalue weighted by Gasteiger charge is 2.17. The standard InChI is InChI=1S/C15H19N3O2S/c1-11-5-6-12(2)14(9-11)17-15-8-7-13(10-16-15)21(19,20)18(3)4/h5-10H,1-4H3,(H,16,17). The second-order valence-electron chi connectivity index (χ2n) is 5.11. The molecule has 0 atom stereocenters. The van der Waals surface area contributed by atoms with Crippen LogP contribution in [0.3, 0.4) is 0 Å². The molecule has 0 aliphatic heterocycles. The maximum atomic E-state index is 12.0. The number of nitrogens with one attached hydrogen (secondary N) is 1. The molecule has 2 aromatic rings. The zero-order valence-electron chi connectivity index (χ0n) is 12.6. The van der Waals surface area contributed by atoms with Crippen LogP contribution in [0.2, 0.25) is 0 Å². The largest absolute Gasteiger partial charge is 0.340 e. The molecule has 0 aliphatic carbocycles. The first-order chi connectivity index (χ1) is 9.80. The van der Waals surface area contributed by atoms with Crippen LogP contribution in [0.25, 0.3) is 0 Å². The Morgan fingerprint density at radius 2 is 1.81 bits per heavy atom. The highest BCUT2D eigenvalue weighted by Crippen LogP contribution is 2.21. The molecular weight excluding hydrogens is 286 g/mol. The molecule has 112 valence electrons. The fraction of sp³-hybridized carbons (Fsp3) is 0.267. The molecule has 5 nitrogen and oxygen atoms in total. The summed E-state index contributed by atoms with van der Waals surface area (Å²) >= 11 is 0. The van der Waals surface area contributed by atoms with Gasteiger partial charge in [-0.2, -0.15) is 0 Å². The summed E-state index contributed by atoms with van der Waals surface area (Å²) in [6, 6.07) is 9.32. The second kappa shape index (κ2) is 5.83. The van der Waals surface area contributed by atoms with E-state index in [1.807, 2.05) is 32.0 Å². The SMILES string of the molecule is Cc1ccc(C)c(Nc2ccc(S(=O)(=O)N(C)C)cn2)c1. The van der Waals surface area contributed by atoms with Crippen LogP contribution < -0.4 is 5.32 Å². The van der Waals surface area contributed by atoms with Gasteiger partial charge in [0.2, 0.25) is 10.0 Å². The molecule has 0 radical (unpaired) electrons. The van der Waals surface area contributed by atoms with Crippen molar-refractivity contribution < 1.29 is 8.42 Å². The average Bonchev–Trinajstić information content (AvgIpc) is 2.43. The van der Waals surface area contributed by atoms with Crippen LogP contribution in [-0.4, -0.2) is 31.8 Å². The summed E-state index contributed by atoms with van der Waals surface area (Å²) in [6.07, 6.45) is 1.36. The van der Waals surface area contributed by atoms with Crippen molar-refractivity contribution in [3.8, 4) is 0 Å². The van der Waals surface area contributed by atoms with Crippen LogP contribution in [0, 0.1) is 13.8 Å². The van der Waals surface area contributed by atoms with Crippen molar-refractivity contribution in [1.82, 2.24) is 9.29 Å². The molecule has 0 aliphatic rings. The van der Waals surface area contributed by atoms with E-state index in [-0.39, 0.29) is 4.90 Å². The monoisotopic (exact) mass is 305 g/mol. The molecular formula is C15H19N3O2S. The highest BCUT2D eigenvalue weighted by molar-refractivity contribution is 7.89. The summed E-state index contributed by atoms with van der Waals surface area (Å²) in [4.78, 5) is 4.36. The van der Waals surface area contributed by atoms with E-state index < -0.39 is 10.0 Å². The third-order valence-corrected chi connectivity index (χ3v) is 4.97. The number of aryl methyl sites for hydroxylation is 2. The lowest BCUT2D eigenvalue weighted by Crippen LogP contribution is -2.22. The van der Waals surface area contributed by atoms with Crippen molar-refractivity contribution in [3.05, 3.63) is 47.7 Å². The molecule has 0 fully saturated rings. The Kier molecular flexibility index (Phi) is 4.29. The van der Waals surface area contributed by atoms with Crippen LogP contribution in [0.4, 0.5) is 11.5 Å². The molecule has 21 heavy (non-hydrogen) atoms. The van der Waals surface area contributed by atoms with Crippen molar-refractivity contribution in [3.63, 3.8) is 0 Å². The van der Waals surface area contributed by atoms with Crippen LogP contribution in [-0.2, 0) is 10.0 Å². The lowest BCUT2D eigenvalue weighted by atomic mass is 10.1. The molecule has 1 heterocycles. The predicted molar refractivity (Wildman–Crippen MR) is 84.3 cm³/mol. The number of hydrogen-bond acceptors (Lipinski definition) is 4. The van der Waals surface area contributed by atoms with Crippen LogP contribution in [0.15, 0.2) is 41.4 Å². The van der Waals surface area contributed by atoms with E-state index in [4.69, 9.17) is 0 Å². The van der Waals surface area contributed by atoms with E-state index in [1.54, 1.807) is 12.1 Å². The second-order valence-corrected chi connectivity index (χ2v) is 7.26. The number of anilines is 2. The van der Waals surface area contributed by atoms with Gasteiger partial charge in [-0.3, -0.25) is 0 Å². The minimum absolute atomic E-state index is 0.180. The number of benzene rings is 1. The first-order valence-electron chi connectivity index (χ1n) is 6.53. The van der Waals surface area contributed by atoms with Gasteiger partial charge in [0.05, 0.1) is 0 Å². The lowest BCUT2D eigenvalue weighted by Gasteiger charge is -2.12. The Labute approximate surface area is 125 Å². The van der Waals surface area contributed by atoms with Gasteiger partial charge in [0, 0.05) is 26.0 Å². The number of aromatic nitrogens is 1. The molecule has 2 rings (SSSR count). The van der Waals surface area contributed by atoms with E-state index in [0.29, 0.717) is 5.82 Å². The Bertz CT molecular complexity index is 738. The summed E-state index contributed by atoms with van der Waals surface area (Å²) in [7, 11) is -0.443. The zero-order chi connectivity index (χ0) is 15.6. The maximum absolute atomic E-state index is 12.0. The predicted octanol–water partition coefficient (Wildman–Crippen LogP) is 2.69. The maximum Gasteiger partial charge on any atom is 0.244 e. The normalized spacial score (nSPS) is 11.7.